The molecule has 7 rings (SSSR count). The molecule has 3 aliphatic rings. The Kier molecular flexibility index (Phi) is 6.20. The highest BCUT2D eigenvalue weighted by atomic mass is 35.5. The summed E-state index contributed by atoms with van der Waals surface area (Å²) in [6, 6.07) is 15.7. The number of rotatable bonds is 6. The van der Waals surface area contributed by atoms with Crippen LogP contribution in [-0.2, 0) is 11.3 Å². The third-order valence-corrected chi connectivity index (χ3v) is 8.13. The number of nitrogens with two attached hydrogens (primary N) is 1. The molecule has 2 aromatic heterocycles. The van der Waals surface area contributed by atoms with Crippen LogP contribution in [0.25, 0.3) is 10.9 Å². The first kappa shape index (κ1) is 24.2. The van der Waals surface area contributed by atoms with Gasteiger partial charge < -0.3 is 20.5 Å². The van der Waals surface area contributed by atoms with Gasteiger partial charge in [0.1, 0.15) is 24.5 Å². The molecule has 9 heteroatoms. The second-order valence-electron chi connectivity index (χ2n) is 10.3. The molecule has 1 saturated carbocycles. The highest BCUT2D eigenvalue weighted by Gasteiger charge is 2.56. The minimum atomic E-state index is 0.338. The standard InChI is InChI=1S/C30H27ClN6O2/c31-26-10-19(5-7-29(26)39-14-20-3-1-2-8-33-20)36-30-23-11-27(32)18(9-28(23)34-17-35-30)4-6-22-24-12-37(13-25(22)24)21-15-38-16-21/h1-3,5,7-11,17,21-22,24-25H,12-16,32H2,(H,34,35,36)/t22-,24-,25+. The van der Waals surface area contributed by atoms with Gasteiger partial charge in [-0.1, -0.05) is 29.5 Å². The van der Waals surface area contributed by atoms with Gasteiger partial charge in [0.05, 0.1) is 35.5 Å². The van der Waals surface area contributed by atoms with Gasteiger partial charge in [0.25, 0.3) is 0 Å². The van der Waals surface area contributed by atoms with Crippen molar-refractivity contribution in [2.45, 2.75) is 12.6 Å². The van der Waals surface area contributed by atoms with E-state index in [1.54, 1.807) is 12.3 Å². The van der Waals surface area contributed by atoms with E-state index in [4.69, 9.17) is 26.8 Å². The lowest BCUT2D eigenvalue weighted by Crippen LogP contribution is -2.48. The van der Waals surface area contributed by atoms with Gasteiger partial charge in [0.15, 0.2) is 0 Å². The molecule has 1 aliphatic carbocycles. The summed E-state index contributed by atoms with van der Waals surface area (Å²) >= 11 is 6.50. The van der Waals surface area contributed by atoms with Gasteiger partial charge >= 0.3 is 0 Å². The van der Waals surface area contributed by atoms with Crippen LogP contribution in [0.5, 0.6) is 5.75 Å². The number of likely N-dealkylation sites (tertiary alicyclic amines) is 1. The fourth-order valence-corrected chi connectivity index (χ4v) is 5.70. The molecule has 4 aromatic rings. The number of benzene rings is 2. The van der Waals surface area contributed by atoms with Crippen LogP contribution in [0.2, 0.25) is 5.02 Å². The maximum atomic E-state index is 6.50. The van der Waals surface area contributed by atoms with E-state index in [9.17, 15) is 0 Å². The number of nitrogens with zero attached hydrogens (tertiary/aromatic N) is 4. The molecule has 0 amide bonds. The summed E-state index contributed by atoms with van der Waals surface area (Å²) in [4.78, 5) is 15.7. The molecule has 0 spiro atoms. The molecule has 0 unspecified atom stereocenters. The number of ether oxygens (including phenoxy) is 2. The lowest BCUT2D eigenvalue weighted by Gasteiger charge is -2.35. The van der Waals surface area contributed by atoms with Crippen LogP contribution in [-0.4, -0.2) is 52.2 Å². The van der Waals surface area contributed by atoms with Crippen LogP contribution in [0, 0.1) is 29.6 Å². The van der Waals surface area contributed by atoms with Crippen LogP contribution in [0.4, 0.5) is 17.2 Å². The number of halogens is 1. The number of fused-ring (bicyclic) bond motifs is 2. The smallest absolute Gasteiger partial charge is 0.141 e. The van der Waals surface area contributed by atoms with Crippen molar-refractivity contribution in [1.29, 1.82) is 0 Å². The second-order valence-corrected chi connectivity index (χ2v) is 10.7. The Morgan fingerprint density at radius 2 is 1.95 bits per heavy atom. The Morgan fingerprint density at radius 3 is 2.69 bits per heavy atom. The van der Waals surface area contributed by atoms with E-state index >= 15 is 0 Å². The Morgan fingerprint density at radius 1 is 1.08 bits per heavy atom. The normalized spacial score (nSPS) is 22.0. The largest absolute Gasteiger partial charge is 0.486 e. The van der Waals surface area contributed by atoms with Gasteiger partial charge in [-0.2, -0.15) is 0 Å². The number of aromatic nitrogens is 3. The van der Waals surface area contributed by atoms with Crippen molar-refractivity contribution in [3.63, 3.8) is 0 Å². The molecule has 4 heterocycles. The summed E-state index contributed by atoms with van der Waals surface area (Å²) in [6.07, 6.45) is 3.27. The summed E-state index contributed by atoms with van der Waals surface area (Å²) in [5.41, 5.74) is 10.2. The highest BCUT2D eigenvalue weighted by Crippen LogP contribution is 2.52. The predicted molar refractivity (Wildman–Crippen MR) is 151 cm³/mol. The van der Waals surface area contributed by atoms with Gasteiger partial charge in [0, 0.05) is 47.5 Å². The Labute approximate surface area is 231 Å². The molecule has 3 atom stereocenters. The van der Waals surface area contributed by atoms with Crippen LogP contribution < -0.4 is 15.8 Å². The zero-order valence-corrected chi connectivity index (χ0v) is 21.9. The minimum Gasteiger partial charge on any atom is -0.486 e. The summed E-state index contributed by atoms with van der Waals surface area (Å²) in [5.74, 6) is 9.86. The molecular formula is C30H27ClN6O2. The Bertz CT molecular complexity index is 1590. The Hall–Kier alpha value is -3.90. The van der Waals surface area contributed by atoms with E-state index < -0.39 is 0 Å². The quantitative estimate of drug-likeness (QED) is 0.273. The highest BCUT2D eigenvalue weighted by molar-refractivity contribution is 6.32. The molecule has 8 nitrogen and oxygen atoms in total. The van der Waals surface area contributed by atoms with Crippen molar-refractivity contribution >= 4 is 39.7 Å². The lowest BCUT2D eigenvalue weighted by atomic mass is 10.1. The monoisotopic (exact) mass is 538 g/mol. The van der Waals surface area contributed by atoms with Crippen LogP contribution in [0.1, 0.15) is 11.3 Å². The maximum Gasteiger partial charge on any atom is 0.141 e. The molecule has 2 aliphatic heterocycles. The average Bonchev–Trinajstić information content (AvgIpc) is 3.36. The van der Waals surface area contributed by atoms with Gasteiger partial charge in [-0.15, -0.1) is 0 Å². The molecule has 196 valence electrons. The fourth-order valence-electron chi connectivity index (χ4n) is 5.46. The van der Waals surface area contributed by atoms with E-state index in [1.165, 1.54) is 6.33 Å². The van der Waals surface area contributed by atoms with Crippen molar-refractivity contribution < 1.29 is 9.47 Å². The third kappa shape index (κ3) is 4.85. The lowest BCUT2D eigenvalue weighted by molar-refractivity contribution is -0.0612. The number of pyridine rings is 1. The van der Waals surface area contributed by atoms with E-state index in [2.05, 4.69) is 37.0 Å². The van der Waals surface area contributed by atoms with E-state index in [0.29, 0.717) is 52.7 Å². The first-order chi connectivity index (χ1) is 19.1. The zero-order valence-electron chi connectivity index (χ0n) is 21.2. The molecule has 0 bridgehead atoms. The van der Waals surface area contributed by atoms with Crippen LogP contribution in [0.15, 0.2) is 61.1 Å². The summed E-state index contributed by atoms with van der Waals surface area (Å²) in [7, 11) is 0. The molecule has 2 aromatic carbocycles. The summed E-state index contributed by atoms with van der Waals surface area (Å²) < 4.78 is 11.2. The molecule has 0 radical (unpaired) electrons. The first-order valence-corrected chi connectivity index (χ1v) is 13.5. The molecule has 3 N–H and O–H groups in total. The van der Waals surface area contributed by atoms with Gasteiger partial charge in [-0.3, -0.25) is 9.88 Å². The molecule has 2 saturated heterocycles. The van der Waals surface area contributed by atoms with Gasteiger partial charge in [0.2, 0.25) is 0 Å². The minimum absolute atomic E-state index is 0.338. The summed E-state index contributed by atoms with van der Waals surface area (Å²) in [6.45, 7) is 4.36. The van der Waals surface area contributed by atoms with Crippen molar-refractivity contribution in [3.8, 4) is 17.6 Å². The molecule has 39 heavy (non-hydrogen) atoms. The maximum absolute atomic E-state index is 6.50. The Balaban J connectivity index is 1.04. The predicted octanol–water partition coefficient (Wildman–Crippen LogP) is 4.51. The average molecular weight is 539 g/mol. The number of piperidine rings is 1. The van der Waals surface area contributed by atoms with Crippen LogP contribution >= 0.6 is 11.6 Å². The first-order valence-electron chi connectivity index (χ1n) is 13.1. The van der Waals surface area contributed by atoms with Crippen molar-refractivity contribution in [3.05, 3.63) is 77.3 Å². The number of hydrogen-bond acceptors (Lipinski definition) is 8. The number of nitrogens with one attached hydrogen (secondary N) is 1. The van der Waals surface area contributed by atoms with E-state index in [1.807, 2.05) is 42.5 Å². The van der Waals surface area contributed by atoms with Crippen LogP contribution in [0.3, 0.4) is 0 Å². The SMILES string of the molecule is Nc1cc2c(Nc3ccc(OCc4ccccn4)c(Cl)c3)ncnc2cc1C#C[C@@H]1[C@H]2CN(C3COC3)C[C@@H]12. The van der Waals surface area contributed by atoms with Crippen molar-refractivity contribution in [2.75, 3.05) is 37.4 Å². The van der Waals surface area contributed by atoms with E-state index in [-0.39, 0.29) is 0 Å². The second kappa shape index (κ2) is 10.0. The number of anilines is 3. The zero-order chi connectivity index (χ0) is 26.3. The van der Waals surface area contributed by atoms with Crippen molar-refractivity contribution in [1.82, 2.24) is 19.9 Å². The van der Waals surface area contributed by atoms with E-state index in [0.717, 1.165) is 54.2 Å². The summed E-state index contributed by atoms with van der Waals surface area (Å²) in [5, 5.41) is 4.64. The number of hydrogen-bond donors (Lipinski definition) is 2. The van der Waals surface area contributed by atoms with Crippen molar-refractivity contribution in [2.24, 2.45) is 17.8 Å². The molecular weight excluding hydrogens is 512 g/mol. The third-order valence-electron chi connectivity index (χ3n) is 7.84. The van der Waals surface area contributed by atoms with Gasteiger partial charge in [-0.25, -0.2) is 9.97 Å². The topological polar surface area (TPSA) is 98.4 Å². The number of nitrogen functional groups attached to an aromatic ring is 1. The van der Waals surface area contributed by atoms with Gasteiger partial charge in [-0.05, 0) is 54.3 Å². The molecule has 3 fully saturated rings. The fraction of sp³-hybridized carbons (Fsp3) is 0.300.